The van der Waals surface area contributed by atoms with Crippen molar-refractivity contribution in [2.75, 3.05) is 5.32 Å². The van der Waals surface area contributed by atoms with Crippen molar-refractivity contribution in [2.45, 2.75) is 34.2 Å². The maximum absolute atomic E-state index is 6.10. The Morgan fingerprint density at radius 1 is 1.05 bits per heavy atom. The summed E-state index contributed by atoms with van der Waals surface area (Å²) in [6.07, 6.45) is 0. The molecule has 2 rings (SSSR count). The second-order valence-corrected chi connectivity index (χ2v) is 5.02. The normalized spacial score (nSPS) is 10.8. The van der Waals surface area contributed by atoms with Crippen LogP contribution in [0, 0.1) is 27.7 Å². The van der Waals surface area contributed by atoms with Crippen LogP contribution in [-0.4, -0.2) is 19.7 Å². The fourth-order valence-corrected chi connectivity index (χ4v) is 2.17. The first-order chi connectivity index (χ1) is 8.90. The third-order valence-corrected chi connectivity index (χ3v) is 3.62. The van der Waals surface area contributed by atoms with Gasteiger partial charge in [0.1, 0.15) is 0 Å². The van der Waals surface area contributed by atoms with Crippen molar-refractivity contribution >= 4 is 17.4 Å². The van der Waals surface area contributed by atoms with Gasteiger partial charge in [0.25, 0.3) is 0 Å². The number of hydrogen-bond donors (Lipinski definition) is 1. The van der Waals surface area contributed by atoms with Gasteiger partial charge in [-0.3, -0.25) is 4.68 Å². The molecule has 2 aromatic rings. The molecule has 0 radical (unpaired) electrons. The highest BCUT2D eigenvalue weighted by Gasteiger charge is 2.11. The SMILES string of the molecule is Cc1nc(Cl)c(NCc2c(C)nn(C)c2C)nc1C. The predicted molar refractivity (Wildman–Crippen MR) is 76.5 cm³/mol. The molecular formula is C13H18ClN5. The highest BCUT2D eigenvalue weighted by atomic mass is 35.5. The van der Waals surface area contributed by atoms with Gasteiger partial charge in [-0.1, -0.05) is 11.6 Å². The molecule has 6 heteroatoms. The van der Waals surface area contributed by atoms with E-state index in [1.165, 1.54) is 5.56 Å². The lowest BCUT2D eigenvalue weighted by molar-refractivity contribution is 0.730. The summed E-state index contributed by atoms with van der Waals surface area (Å²) in [7, 11) is 1.94. The number of anilines is 1. The van der Waals surface area contributed by atoms with Gasteiger partial charge in [0, 0.05) is 24.8 Å². The van der Waals surface area contributed by atoms with Gasteiger partial charge in [0.2, 0.25) is 0 Å². The Morgan fingerprint density at radius 3 is 2.26 bits per heavy atom. The van der Waals surface area contributed by atoms with Crippen LogP contribution in [0.3, 0.4) is 0 Å². The van der Waals surface area contributed by atoms with Crippen LogP contribution < -0.4 is 5.32 Å². The van der Waals surface area contributed by atoms with Crippen LogP contribution in [0.2, 0.25) is 5.15 Å². The first-order valence-electron chi connectivity index (χ1n) is 6.13. The molecule has 2 aromatic heterocycles. The molecule has 0 aliphatic heterocycles. The molecule has 0 aliphatic carbocycles. The Balaban J connectivity index is 2.21. The topological polar surface area (TPSA) is 55.6 Å². The summed E-state index contributed by atoms with van der Waals surface area (Å²) in [5, 5.41) is 8.02. The molecule has 102 valence electrons. The number of aromatic nitrogens is 4. The first kappa shape index (κ1) is 13.8. The van der Waals surface area contributed by atoms with Crippen molar-refractivity contribution in [2.24, 2.45) is 7.05 Å². The van der Waals surface area contributed by atoms with Crippen molar-refractivity contribution < 1.29 is 0 Å². The maximum Gasteiger partial charge on any atom is 0.171 e. The quantitative estimate of drug-likeness (QED) is 0.939. The Bertz CT molecular complexity index is 618. The van der Waals surface area contributed by atoms with Gasteiger partial charge < -0.3 is 5.32 Å². The standard InChI is InChI=1S/C13H18ClN5/c1-7-8(2)17-13(12(14)16-7)15-6-11-9(3)18-19(5)10(11)4/h6H2,1-5H3,(H,15,17). The average Bonchev–Trinajstić information content (AvgIpc) is 2.57. The Labute approximate surface area is 118 Å². The van der Waals surface area contributed by atoms with E-state index in [2.05, 4.69) is 20.4 Å². The molecule has 0 amide bonds. The van der Waals surface area contributed by atoms with Gasteiger partial charge in [0.05, 0.1) is 17.1 Å². The smallest absolute Gasteiger partial charge is 0.171 e. The van der Waals surface area contributed by atoms with Crippen LogP contribution in [-0.2, 0) is 13.6 Å². The minimum Gasteiger partial charge on any atom is -0.363 e. The summed E-state index contributed by atoms with van der Waals surface area (Å²) < 4.78 is 1.88. The van der Waals surface area contributed by atoms with E-state index in [0.29, 0.717) is 17.5 Å². The molecular weight excluding hydrogens is 262 g/mol. The second kappa shape index (κ2) is 5.17. The van der Waals surface area contributed by atoms with Crippen molar-refractivity contribution in [1.82, 2.24) is 19.7 Å². The van der Waals surface area contributed by atoms with E-state index in [1.807, 2.05) is 39.4 Å². The van der Waals surface area contributed by atoms with Crippen LogP contribution >= 0.6 is 11.6 Å². The number of rotatable bonds is 3. The molecule has 0 saturated carbocycles. The Morgan fingerprint density at radius 2 is 1.68 bits per heavy atom. The zero-order valence-corrected chi connectivity index (χ0v) is 12.6. The molecule has 1 N–H and O–H groups in total. The van der Waals surface area contributed by atoms with E-state index in [0.717, 1.165) is 22.8 Å². The van der Waals surface area contributed by atoms with E-state index >= 15 is 0 Å². The van der Waals surface area contributed by atoms with E-state index < -0.39 is 0 Å². The van der Waals surface area contributed by atoms with Gasteiger partial charge in [-0.25, -0.2) is 9.97 Å². The number of nitrogens with one attached hydrogen (secondary N) is 1. The summed E-state index contributed by atoms with van der Waals surface area (Å²) in [6, 6.07) is 0. The third-order valence-electron chi connectivity index (χ3n) is 3.36. The molecule has 19 heavy (non-hydrogen) atoms. The highest BCUT2D eigenvalue weighted by Crippen LogP contribution is 2.20. The Hall–Kier alpha value is -1.62. The van der Waals surface area contributed by atoms with E-state index in [9.17, 15) is 0 Å². The molecule has 5 nitrogen and oxygen atoms in total. The third kappa shape index (κ3) is 2.71. The monoisotopic (exact) mass is 279 g/mol. The number of hydrogen-bond acceptors (Lipinski definition) is 4. The van der Waals surface area contributed by atoms with Crippen LogP contribution in [0.4, 0.5) is 5.82 Å². The van der Waals surface area contributed by atoms with E-state index in [1.54, 1.807) is 0 Å². The summed E-state index contributed by atoms with van der Waals surface area (Å²) >= 11 is 6.10. The molecule has 0 atom stereocenters. The lowest BCUT2D eigenvalue weighted by atomic mass is 10.2. The van der Waals surface area contributed by atoms with Gasteiger partial charge in [-0.15, -0.1) is 0 Å². The molecule has 0 aliphatic rings. The minimum absolute atomic E-state index is 0.405. The highest BCUT2D eigenvalue weighted by molar-refractivity contribution is 6.31. The number of aryl methyl sites for hydroxylation is 4. The van der Waals surface area contributed by atoms with Gasteiger partial charge >= 0.3 is 0 Å². The fraction of sp³-hybridized carbons (Fsp3) is 0.462. The first-order valence-corrected chi connectivity index (χ1v) is 6.51. The molecule has 0 fully saturated rings. The average molecular weight is 280 g/mol. The maximum atomic E-state index is 6.10. The summed E-state index contributed by atoms with van der Waals surface area (Å²) in [5.41, 5.74) is 5.05. The zero-order valence-electron chi connectivity index (χ0n) is 11.9. The largest absolute Gasteiger partial charge is 0.363 e. The summed E-state index contributed by atoms with van der Waals surface area (Å²) in [4.78, 5) is 8.68. The summed E-state index contributed by atoms with van der Waals surface area (Å²) in [6.45, 7) is 8.50. The van der Waals surface area contributed by atoms with Crippen molar-refractivity contribution in [1.29, 1.82) is 0 Å². The van der Waals surface area contributed by atoms with Crippen LogP contribution in [0.15, 0.2) is 0 Å². The van der Waals surface area contributed by atoms with Gasteiger partial charge in [0.15, 0.2) is 11.0 Å². The number of halogens is 1. The lowest BCUT2D eigenvalue weighted by Crippen LogP contribution is -2.07. The van der Waals surface area contributed by atoms with E-state index in [-0.39, 0.29) is 0 Å². The number of nitrogens with zero attached hydrogens (tertiary/aromatic N) is 4. The van der Waals surface area contributed by atoms with Crippen molar-refractivity contribution in [3.05, 3.63) is 33.5 Å². The van der Waals surface area contributed by atoms with Crippen LogP contribution in [0.1, 0.15) is 28.3 Å². The predicted octanol–water partition coefficient (Wildman–Crippen LogP) is 2.71. The van der Waals surface area contributed by atoms with Crippen LogP contribution in [0.5, 0.6) is 0 Å². The van der Waals surface area contributed by atoms with Crippen LogP contribution in [0.25, 0.3) is 0 Å². The van der Waals surface area contributed by atoms with Gasteiger partial charge in [-0.2, -0.15) is 5.10 Å². The molecule has 0 spiro atoms. The molecule has 0 unspecified atom stereocenters. The minimum atomic E-state index is 0.405. The zero-order chi connectivity index (χ0) is 14.2. The lowest BCUT2D eigenvalue weighted by Gasteiger charge is -2.09. The molecule has 0 bridgehead atoms. The molecule has 2 heterocycles. The van der Waals surface area contributed by atoms with E-state index in [4.69, 9.17) is 11.6 Å². The Kier molecular flexibility index (Phi) is 3.75. The fourth-order valence-electron chi connectivity index (χ4n) is 1.93. The second-order valence-electron chi connectivity index (χ2n) is 4.66. The van der Waals surface area contributed by atoms with Gasteiger partial charge in [-0.05, 0) is 27.7 Å². The van der Waals surface area contributed by atoms with Crippen molar-refractivity contribution in [3.63, 3.8) is 0 Å². The summed E-state index contributed by atoms with van der Waals surface area (Å²) in [5.74, 6) is 0.618. The molecule has 0 aromatic carbocycles. The molecule has 0 saturated heterocycles. The van der Waals surface area contributed by atoms with Crippen molar-refractivity contribution in [3.8, 4) is 0 Å².